The van der Waals surface area contributed by atoms with Crippen LogP contribution in [0.5, 0.6) is 0 Å². The quantitative estimate of drug-likeness (QED) is 0.450. The molecule has 3 aromatic rings. The van der Waals surface area contributed by atoms with E-state index in [1.165, 1.54) is 9.80 Å². The van der Waals surface area contributed by atoms with Gasteiger partial charge in [-0.05, 0) is 48.6 Å². The Balaban J connectivity index is 1.60. The number of anilines is 1. The molecule has 6 nitrogen and oxygen atoms in total. The molecule has 0 unspecified atom stereocenters. The van der Waals surface area contributed by atoms with Crippen LogP contribution >= 0.6 is 11.6 Å². The number of unbranched alkanes of at least 4 members (excludes halogenated alkanes) is 1. The van der Waals surface area contributed by atoms with Gasteiger partial charge in [-0.1, -0.05) is 61.3 Å². The average Bonchev–Trinajstić information content (AvgIpc) is 3.10. The normalized spacial score (nSPS) is 13.3. The van der Waals surface area contributed by atoms with Crippen LogP contribution in [0.4, 0.5) is 5.69 Å². The summed E-state index contributed by atoms with van der Waals surface area (Å²) in [5.74, 6) is -0.735. The zero-order chi connectivity index (χ0) is 24.2. The molecule has 0 aliphatic carbocycles. The van der Waals surface area contributed by atoms with E-state index >= 15 is 0 Å². The van der Waals surface area contributed by atoms with Crippen LogP contribution < -0.4 is 10.2 Å². The zero-order valence-corrected chi connectivity index (χ0v) is 20.1. The molecule has 1 N–H and O–H groups in total. The second kappa shape index (κ2) is 10.3. The summed E-state index contributed by atoms with van der Waals surface area (Å²) in [6, 6.07) is 17.8. The first kappa shape index (κ1) is 23.8. The van der Waals surface area contributed by atoms with Crippen LogP contribution in [0, 0.1) is 0 Å². The van der Waals surface area contributed by atoms with E-state index in [1.807, 2.05) is 42.5 Å². The van der Waals surface area contributed by atoms with Crippen molar-refractivity contribution in [2.75, 3.05) is 18.0 Å². The molecule has 3 amide bonds. The maximum absolute atomic E-state index is 13.6. The molecule has 3 aromatic carbocycles. The first-order chi connectivity index (χ1) is 16.4. The van der Waals surface area contributed by atoms with Crippen molar-refractivity contribution < 1.29 is 14.4 Å². The zero-order valence-electron chi connectivity index (χ0n) is 19.4. The van der Waals surface area contributed by atoms with E-state index in [0.29, 0.717) is 22.8 Å². The van der Waals surface area contributed by atoms with Gasteiger partial charge >= 0.3 is 0 Å². The van der Waals surface area contributed by atoms with Crippen molar-refractivity contribution >= 4 is 45.8 Å². The van der Waals surface area contributed by atoms with Crippen molar-refractivity contribution in [3.8, 4) is 0 Å². The van der Waals surface area contributed by atoms with Gasteiger partial charge in [0.2, 0.25) is 11.8 Å². The Hall–Kier alpha value is -3.38. The van der Waals surface area contributed by atoms with Gasteiger partial charge in [-0.25, -0.2) is 0 Å². The van der Waals surface area contributed by atoms with Gasteiger partial charge < -0.3 is 10.2 Å². The molecule has 7 heteroatoms. The van der Waals surface area contributed by atoms with Gasteiger partial charge in [0.05, 0.1) is 5.69 Å². The Morgan fingerprint density at radius 2 is 1.82 bits per heavy atom. The molecular weight excluding hydrogens is 450 g/mol. The fraction of sp³-hybridized carbons (Fsp3) is 0.296. The molecular formula is C27H28ClN3O3. The maximum atomic E-state index is 13.6. The van der Waals surface area contributed by atoms with E-state index in [9.17, 15) is 14.4 Å². The molecule has 1 aliphatic heterocycles. The fourth-order valence-electron chi connectivity index (χ4n) is 4.31. The lowest BCUT2D eigenvalue weighted by Gasteiger charge is -2.30. The van der Waals surface area contributed by atoms with Crippen molar-refractivity contribution in [1.29, 1.82) is 0 Å². The Labute approximate surface area is 204 Å². The fourth-order valence-corrected chi connectivity index (χ4v) is 4.53. The number of hydrogen-bond acceptors (Lipinski definition) is 3. The predicted molar refractivity (Wildman–Crippen MR) is 135 cm³/mol. The molecule has 176 valence electrons. The lowest BCUT2D eigenvalue weighted by molar-refractivity contribution is -0.139. The van der Waals surface area contributed by atoms with Crippen LogP contribution in [0.15, 0.2) is 60.7 Å². The molecule has 1 aliphatic rings. The Morgan fingerprint density at radius 3 is 2.56 bits per heavy atom. The summed E-state index contributed by atoms with van der Waals surface area (Å²) in [7, 11) is 0. The van der Waals surface area contributed by atoms with E-state index in [-0.39, 0.29) is 30.8 Å². The van der Waals surface area contributed by atoms with E-state index in [1.54, 1.807) is 25.1 Å². The highest BCUT2D eigenvalue weighted by atomic mass is 35.5. The Kier molecular flexibility index (Phi) is 7.17. The lowest BCUT2D eigenvalue weighted by Crippen LogP contribution is -2.51. The third-order valence-electron chi connectivity index (χ3n) is 6.18. The standard InChI is InChI=1S/C27H28ClN3O3/c1-3-4-14-29-26(33)18(2)30(16-19-8-5-11-21(28)15-19)24(32)17-31-23-13-7-10-20-9-6-12-22(25(20)23)27(31)34/h5-13,15,18H,3-4,14,16-17H2,1-2H3,(H,29,33)/t18-/m0/s1. The molecule has 4 rings (SSSR count). The number of rotatable bonds is 9. The van der Waals surface area contributed by atoms with Crippen LogP contribution in [0.25, 0.3) is 10.8 Å². The maximum Gasteiger partial charge on any atom is 0.259 e. The summed E-state index contributed by atoms with van der Waals surface area (Å²) in [5.41, 5.74) is 2.12. The molecule has 34 heavy (non-hydrogen) atoms. The molecule has 0 radical (unpaired) electrons. The lowest BCUT2D eigenvalue weighted by atomic mass is 10.1. The number of nitrogens with one attached hydrogen (secondary N) is 1. The van der Waals surface area contributed by atoms with Gasteiger partial charge in [0, 0.05) is 29.1 Å². The molecule has 0 fully saturated rings. The highest BCUT2D eigenvalue weighted by Crippen LogP contribution is 2.37. The number of carbonyl (C=O) groups is 3. The highest BCUT2D eigenvalue weighted by Gasteiger charge is 2.34. The van der Waals surface area contributed by atoms with Gasteiger partial charge in [-0.2, -0.15) is 0 Å². The van der Waals surface area contributed by atoms with Crippen molar-refractivity contribution in [3.05, 3.63) is 76.8 Å². The summed E-state index contributed by atoms with van der Waals surface area (Å²) in [6.07, 6.45) is 1.83. The van der Waals surface area contributed by atoms with Gasteiger partial charge in [-0.3, -0.25) is 19.3 Å². The number of nitrogens with zero attached hydrogens (tertiary/aromatic N) is 2. The summed E-state index contributed by atoms with van der Waals surface area (Å²) in [5, 5.41) is 5.28. The average molecular weight is 478 g/mol. The van der Waals surface area contributed by atoms with Gasteiger partial charge in [0.1, 0.15) is 12.6 Å². The summed E-state index contributed by atoms with van der Waals surface area (Å²) in [4.78, 5) is 42.6. The topological polar surface area (TPSA) is 69.7 Å². The van der Waals surface area contributed by atoms with Gasteiger partial charge in [-0.15, -0.1) is 0 Å². The number of carbonyl (C=O) groups excluding carboxylic acids is 3. The van der Waals surface area contributed by atoms with Gasteiger partial charge in [0.15, 0.2) is 0 Å². The molecule has 1 heterocycles. The van der Waals surface area contributed by atoms with E-state index in [4.69, 9.17) is 11.6 Å². The van der Waals surface area contributed by atoms with E-state index in [2.05, 4.69) is 12.2 Å². The third-order valence-corrected chi connectivity index (χ3v) is 6.42. The molecule has 0 bridgehead atoms. The highest BCUT2D eigenvalue weighted by molar-refractivity contribution is 6.30. The monoisotopic (exact) mass is 477 g/mol. The van der Waals surface area contributed by atoms with E-state index in [0.717, 1.165) is 29.2 Å². The van der Waals surface area contributed by atoms with Crippen molar-refractivity contribution in [3.63, 3.8) is 0 Å². The second-order valence-corrected chi connectivity index (χ2v) is 8.98. The van der Waals surface area contributed by atoms with Crippen molar-refractivity contribution in [1.82, 2.24) is 10.2 Å². The number of amides is 3. The third kappa shape index (κ3) is 4.77. The minimum atomic E-state index is -0.709. The largest absolute Gasteiger partial charge is 0.354 e. The van der Waals surface area contributed by atoms with Crippen LogP contribution in [0.1, 0.15) is 42.6 Å². The molecule has 0 spiro atoms. The predicted octanol–water partition coefficient (Wildman–Crippen LogP) is 4.79. The number of halogens is 1. The Bertz CT molecular complexity index is 1240. The van der Waals surface area contributed by atoms with Gasteiger partial charge in [0.25, 0.3) is 5.91 Å². The SMILES string of the molecule is CCCCNC(=O)[C@H](C)N(Cc1cccc(Cl)c1)C(=O)CN1C(=O)c2cccc3cccc1c23. The number of hydrogen-bond donors (Lipinski definition) is 1. The molecule has 0 aromatic heterocycles. The summed E-state index contributed by atoms with van der Waals surface area (Å²) in [6.45, 7) is 4.38. The van der Waals surface area contributed by atoms with Crippen LogP contribution in [0.2, 0.25) is 5.02 Å². The van der Waals surface area contributed by atoms with Crippen molar-refractivity contribution in [2.24, 2.45) is 0 Å². The minimum absolute atomic E-state index is 0.153. The van der Waals surface area contributed by atoms with Crippen LogP contribution in [-0.2, 0) is 16.1 Å². The first-order valence-electron chi connectivity index (χ1n) is 11.6. The molecule has 1 atom stereocenters. The second-order valence-electron chi connectivity index (χ2n) is 8.54. The Morgan fingerprint density at radius 1 is 1.09 bits per heavy atom. The van der Waals surface area contributed by atoms with Crippen LogP contribution in [0.3, 0.4) is 0 Å². The summed E-state index contributed by atoms with van der Waals surface area (Å²) >= 11 is 6.15. The smallest absolute Gasteiger partial charge is 0.259 e. The number of benzene rings is 3. The molecule has 0 saturated carbocycles. The van der Waals surface area contributed by atoms with E-state index < -0.39 is 6.04 Å². The van der Waals surface area contributed by atoms with Crippen LogP contribution in [-0.4, -0.2) is 41.8 Å². The van der Waals surface area contributed by atoms with Crippen molar-refractivity contribution in [2.45, 2.75) is 39.3 Å². The first-order valence-corrected chi connectivity index (χ1v) is 11.9. The minimum Gasteiger partial charge on any atom is -0.354 e. The summed E-state index contributed by atoms with van der Waals surface area (Å²) < 4.78 is 0. The molecule has 0 saturated heterocycles.